The third-order valence-corrected chi connectivity index (χ3v) is 6.39. The number of anilines is 1. The Bertz CT molecular complexity index is 1190. The van der Waals surface area contributed by atoms with Crippen molar-refractivity contribution in [3.05, 3.63) is 60.1 Å². The molecule has 0 aliphatic carbocycles. The first-order chi connectivity index (χ1) is 14.7. The number of piperidine rings is 1. The molecule has 0 spiro atoms. The van der Waals surface area contributed by atoms with Crippen LogP contribution in [-0.4, -0.2) is 33.9 Å². The minimum Gasteiger partial charge on any atom is -0.369 e. The van der Waals surface area contributed by atoms with Gasteiger partial charge in [0.25, 0.3) is 0 Å². The Morgan fingerprint density at radius 3 is 2.70 bits per heavy atom. The number of fused-ring (bicyclic) bond motifs is 1. The zero-order valence-electron chi connectivity index (χ0n) is 16.4. The molecule has 0 saturated carbocycles. The van der Waals surface area contributed by atoms with Crippen LogP contribution in [0.2, 0.25) is 0 Å². The van der Waals surface area contributed by atoms with E-state index in [0.717, 1.165) is 52.2 Å². The largest absolute Gasteiger partial charge is 0.369 e. The highest BCUT2D eigenvalue weighted by molar-refractivity contribution is 7.17. The van der Waals surface area contributed by atoms with Crippen LogP contribution in [0.3, 0.4) is 0 Å². The molecule has 5 rings (SSSR count). The lowest BCUT2D eigenvalue weighted by molar-refractivity contribution is -0.122. The van der Waals surface area contributed by atoms with Gasteiger partial charge in [-0.25, -0.2) is 9.97 Å². The Hall–Kier alpha value is -3.32. The second kappa shape index (κ2) is 7.84. The van der Waals surface area contributed by atoms with Crippen LogP contribution >= 0.6 is 11.3 Å². The summed E-state index contributed by atoms with van der Waals surface area (Å²) in [5, 5.41) is 3.16. The summed E-state index contributed by atoms with van der Waals surface area (Å²) >= 11 is 1.61. The normalized spacial score (nSPS) is 16.7. The lowest BCUT2D eigenvalue weighted by atomic mass is 9.97. The van der Waals surface area contributed by atoms with Gasteiger partial charge >= 0.3 is 0 Å². The maximum Gasteiger partial charge on any atom is 0.222 e. The zero-order valence-corrected chi connectivity index (χ0v) is 17.2. The monoisotopic (exact) mass is 415 g/mol. The molecule has 3 aromatic heterocycles. The van der Waals surface area contributed by atoms with Crippen LogP contribution in [0.15, 0.2) is 60.1 Å². The molecule has 1 aliphatic heterocycles. The van der Waals surface area contributed by atoms with E-state index in [1.807, 2.05) is 36.4 Å². The zero-order chi connectivity index (χ0) is 20.5. The van der Waals surface area contributed by atoms with Gasteiger partial charge < -0.3 is 10.6 Å². The Morgan fingerprint density at radius 1 is 1.10 bits per heavy atom. The number of benzene rings is 1. The highest BCUT2D eigenvalue weighted by Gasteiger charge is 2.28. The molecule has 30 heavy (non-hydrogen) atoms. The van der Waals surface area contributed by atoms with Gasteiger partial charge in [-0.05, 0) is 30.5 Å². The number of rotatable bonds is 4. The molecule has 4 heterocycles. The van der Waals surface area contributed by atoms with Crippen molar-refractivity contribution in [3.63, 3.8) is 0 Å². The first-order valence-corrected chi connectivity index (χ1v) is 10.9. The third kappa shape index (κ3) is 3.41. The number of amides is 1. The van der Waals surface area contributed by atoms with E-state index >= 15 is 0 Å². The molecule has 7 heteroatoms. The summed E-state index contributed by atoms with van der Waals surface area (Å²) in [5.74, 6) is 1.04. The fourth-order valence-corrected chi connectivity index (χ4v) is 4.94. The molecule has 4 aromatic rings. The Labute approximate surface area is 178 Å². The molecule has 1 fully saturated rings. The van der Waals surface area contributed by atoms with E-state index in [1.54, 1.807) is 17.5 Å². The van der Waals surface area contributed by atoms with Gasteiger partial charge in [0, 0.05) is 30.2 Å². The fraction of sp³-hybridized carbons (Fsp3) is 0.217. The number of thiophene rings is 1. The Kier molecular flexibility index (Phi) is 4.88. The molecular formula is C23H21N5OS. The van der Waals surface area contributed by atoms with Crippen LogP contribution in [0.1, 0.15) is 12.8 Å². The maximum atomic E-state index is 11.9. The first kappa shape index (κ1) is 18.7. The molecule has 1 aliphatic rings. The molecule has 1 amide bonds. The summed E-state index contributed by atoms with van der Waals surface area (Å²) in [6.07, 6.45) is 3.47. The molecule has 1 saturated heterocycles. The SMILES string of the molecule is NC(=O)[C@@H]1CCCN(c2nc(-c3ccccn3)nc3scc(-c4ccccc4)c23)C1. The number of hydrogen-bond donors (Lipinski definition) is 1. The van der Waals surface area contributed by atoms with E-state index in [2.05, 4.69) is 27.4 Å². The summed E-state index contributed by atoms with van der Waals surface area (Å²) < 4.78 is 0. The number of nitrogens with zero attached hydrogens (tertiary/aromatic N) is 4. The fourth-order valence-electron chi connectivity index (χ4n) is 3.99. The van der Waals surface area contributed by atoms with E-state index < -0.39 is 0 Å². The van der Waals surface area contributed by atoms with Crippen LogP contribution in [0, 0.1) is 5.92 Å². The first-order valence-electron chi connectivity index (χ1n) is 10.0. The van der Waals surface area contributed by atoms with Crippen LogP contribution in [-0.2, 0) is 4.79 Å². The minimum absolute atomic E-state index is 0.166. The van der Waals surface area contributed by atoms with Gasteiger partial charge in [-0.2, -0.15) is 0 Å². The van der Waals surface area contributed by atoms with Crippen LogP contribution < -0.4 is 10.6 Å². The smallest absolute Gasteiger partial charge is 0.222 e. The predicted molar refractivity (Wildman–Crippen MR) is 120 cm³/mol. The predicted octanol–water partition coefficient (Wildman–Crippen LogP) is 4.12. The number of carbonyl (C=O) groups excluding carboxylic acids is 1. The molecule has 2 N–H and O–H groups in total. The van der Waals surface area contributed by atoms with Crippen molar-refractivity contribution in [2.75, 3.05) is 18.0 Å². The molecule has 0 unspecified atom stereocenters. The molecule has 0 radical (unpaired) electrons. The van der Waals surface area contributed by atoms with Gasteiger partial charge in [0.15, 0.2) is 5.82 Å². The van der Waals surface area contributed by atoms with Gasteiger partial charge in [0.05, 0.1) is 11.3 Å². The van der Waals surface area contributed by atoms with Crippen LogP contribution in [0.4, 0.5) is 5.82 Å². The van der Waals surface area contributed by atoms with Crippen molar-refractivity contribution in [1.29, 1.82) is 0 Å². The number of hydrogen-bond acceptors (Lipinski definition) is 6. The molecule has 1 atom stereocenters. The lowest BCUT2D eigenvalue weighted by Gasteiger charge is -2.32. The topological polar surface area (TPSA) is 85.0 Å². The van der Waals surface area contributed by atoms with Crippen molar-refractivity contribution in [2.24, 2.45) is 11.7 Å². The maximum absolute atomic E-state index is 11.9. The summed E-state index contributed by atoms with van der Waals surface area (Å²) in [4.78, 5) is 29.2. The molecule has 6 nitrogen and oxygen atoms in total. The second-order valence-corrected chi connectivity index (χ2v) is 8.33. The van der Waals surface area contributed by atoms with Crippen molar-refractivity contribution in [2.45, 2.75) is 12.8 Å². The van der Waals surface area contributed by atoms with Gasteiger partial charge in [-0.15, -0.1) is 11.3 Å². The van der Waals surface area contributed by atoms with E-state index in [-0.39, 0.29) is 11.8 Å². The Balaban J connectivity index is 1.70. The van der Waals surface area contributed by atoms with E-state index in [1.165, 1.54) is 0 Å². The highest BCUT2D eigenvalue weighted by Crippen LogP contribution is 2.40. The average molecular weight is 416 g/mol. The summed E-state index contributed by atoms with van der Waals surface area (Å²) in [5.41, 5.74) is 8.61. The van der Waals surface area contributed by atoms with Crippen molar-refractivity contribution < 1.29 is 4.79 Å². The van der Waals surface area contributed by atoms with Gasteiger partial charge in [-0.1, -0.05) is 36.4 Å². The van der Waals surface area contributed by atoms with E-state index in [9.17, 15) is 4.79 Å². The van der Waals surface area contributed by atoms with Gasteiger partial charge in [0.2, 0.25) is 5.91 Å². The minimum atomic E-state index is -0.247. The molecule has 150 valence electrons. The Morgan fingerprint density at radius 2 is 1.93 bits per heavy atom. The quantitative estimate of drug-likeness (QED) is 0.542. The van der Waals surface area contributed by atoms with E-state index in [0.29, 0.717) is 12.4 Å². The molecule has 1 aromatic carbocycles. The number of nitrogens with two attached hydrogens (primary N) is 1. The van der Waals surface area contributed by atoms with Gasteiger partial charge in [-0.3, -0.25) is 9.78 Å². The van der Waals surface area contributed by atoms with Crippen molar-refractivity contribution >= 4 is 33.3 Å². The van der Waals surface area contributed by atoms with Crippen LogP contribution in [0.5, 0.6) is 0 Å². The number of carbonyl (C=O) groups is 1. The van der Waals surface area contributed by atoms with Crippen molar-refractivity contribution in [3.8, 4) is 22.6 Å². The number of primary amides is 1. The summed E-state index contributed by atoms with van der Waals surface area (Å²) in [6.45, 7) is 1.41. The highest BCUT2D eigenvalue weighted by atomic mass is 32.1. The third-order valence-electron chi connectivity index (χ3n) is 5.52. The lowest BCUT2D eigenvalue weighted by Crippen LogP contribution is -2.41. The van der Waals surface area contributed by atoms with Gasteiger partial charge in [0.1, 0.15) is 16.3 Å². The second-order valence-electron chi connectivity index (χ2n) is 7.47. The average Bonchev–Trinajstić information content (AvgIpc) is 3.24. The molecular weight excluding hydrogens is 394 g/mol. The summed E-state index contributed by atoms with van der Waals surface area (Å²) in [7, 11) is 0. The summed E-state index contributed by atoms with van der Waals surface area (Å²) in [6, 6.07) is 16.0. The molecule has 0 bridgehead atoms. The number of pyridine rings is 1. The standard InChI is InChI=1S/C23H21N5OS/c24-20(29)16-9-6-12-28(13-16)22-19-17(15-7-2-1-3-8-15)14-30-23(19)27-21(26-22)18-10-4-5-11-25-18/h1-5,7-8,10-11,14,16H,6,9,12-13H2,(H2,24,29)/t16-/m1/s1. The van der Waals surface area contributed by atoms with Crippen LogP contribution in [0.25, 0.3) is 32.9 Å². The van der Waals surface area contributed by atoms with Crippen molar-refractivity contribution in [1.82, 2.24) is 15.0 Å². The van der Waals surface area contributed by atoms with E-state index in [4.69, 9.17) is 15.7 Å². The number of aromatic nitrogens is 3.